The summed E-state index contributed by atoms with van der Waals surface area (Å²) in [6, 6.07) is 10.8. The topological polar surface area (TPSA) is 93.7 Å². The minimum atomic E-state index is -3.78. The molecule has 0 saturated heterocycles. The first-order chi connectivity index (χ1) is 13.3. The second-order valence-corrected chi connectivity index (χ2v) is 8.66. The highest BCUT2D eigenvalue weighted by Gasteiger charge is 2.21. The van der Waals surface area contributed by atoms with Crippen LogP contribution in [-0.4, -0.2) is 41.1 Å². The van der Waals surface area contributed by atoms with E-state index in [0.717, 1.165) is 10.0 Å². The highest BCUT2D eigenvalue weighted by molar-refractivity contribution is 9.10. The lowest BCUT2D eigenvalue weighted by Crippen LogP contribution is -2.45. The normalized spacial score (nSPS) is 12.3. The van der Waals surface area contributed by atoms with Crippen molar-refractivity contribution in [1.82, 2.24) is 10.0 Å². The molecule has 0 radical (unpaired) electrons. The number of ether oxygens (including phenoxy) is 2. The molecule has 0 fully saturated rings. The molecule has 0 spiro atoms. The Balaban J connectivity index is 1.89. The fraction of sp³-hybridized carbons (Fsp3) is 0.316. The molecule has 152 valence electrons. The molecule has 0 aliphatic heterocycles. The largest absolute Gasteiger partial charge is 0.493 e. The minimum absolute atomic E-state index is 0.0978. The Kier molecular flexibility index (Phi) is 7.85. The van der Waals surface area contributed by atoms with E-state index in [1.807, 2.05) is 12.1 Å². The van der Waals surface area contributed by atoms with Gasteiger partial charge in [-0.1, -0.05) is 22.0 Å². The molecule has 2 N–H and O–H groups in total. The van der Waals surface area contributed by atoms with E-state index in [-0.39, 0.29) is 4.90 Å². The van der Waals surface area contributed by atoms with Gasteiger partial charge >= 0.3 is 0 Å². The minimum Gasteiger partial charge on any atom is -0.493 e. The zero-order valence-corrected chi connectivity index (χ0v) is 18.3. The van der Waals surface area contributed by atoms with E-state index >= 15 is 0 Å². The first-order valence-electron chi connectivity index (χ1n) is 8.53. The van der Waals surface area contributed by atoms with Gasteiger partial charge in [0.05, 0.1) is 25.2 Å². The fourth-order valence-corrected chi connectivity index (χ4v) is 3.95. The maximum atomic E-state index is 12.4. The summed E-state index contributed by atoms with van der Waals surface area (Å²) in [5, 5.41) is 2.73. The van der Waals surface area contributed by atoms with Gasteiger partial charge in [0.15, 0.2) is 11.5 Å². The summed E-state index contributed by atoms with van der Waals surface area (Å²) < 4.78 is 38.3. The number of sulfonamides is 1. The smallest absolute Gasteiger partial charge is 0.241 e. The van der Waals surface area contributed by atoms with Crippen LogP contribution in [0, 0.1) is 0 Å². The predicted octanol–water partition coefficient (Wildman–Crippen LogP) is 2.49. The number of hydrogen-bond acceptors (Lipinski definition) is 5. The third-order valence-electron chi connectivity index (χ3n) is 4.01. The van der Waals surface area contributed by atoms with E-state index in [0.29, 0.717) is 24.5 Å². The van der Waals surface area contributed by atoms with Gasteiger partial charge in [0.25, 0.3) is 0 Å². The third kappa shape index (κ3) is 5.95. The number of methoxy groups -OCH3 is 2. The quantitative estimate of drug-likeness (QED) is 0.586. The second-order valence-electron chi connectivity index (χ2n) is 6.03. The Labute approximate surface area is 173 Å². The van der Waals surface area contributed by atoms with Gasteiger partial charge in [-0.2, -0.15) is 4.72 Å². The van der Waals surface area contributed by atoms with Crippen molar-refractivity contribution < 1.29 is 22.7 Å². The zero-order chi connectivity index (χ0) is 20.7. The summed E-state index contributed by atoms with van der Waals surface area (Å²) in [5.74, 6) is 0.842. The molecule has 0 aromatic heterocycles. The van der Waals surface area contributed by atoms with Crippen molar-refractivity contribution in [2.75, 3.05) is 20.8 Å². The van der Waals surface area contributed by atoms with Gasteiger partial charge in [0.2, 0.25) is 15.9 Å². The summed E-state index contributed by atoms with van der Waals surface area (Å²) in [4.78, 5) is 12.3. The van der Waals surface area contributed by atoms with Crippen LogP contribution >= 0.6 is 15.9 Å². The molecular formula is C19H23BrN2O5S. The summed E-state index contributed by atoms with van der Waals surface area (Å²) >= 11 is 3.26. The Morgan fingerprint density at radius 3 is 2.32 bits per heavy atom. The first kappa shape index (κ1) is 22.2. The average molecular weight is 471 g/mol. The first-order valence-corrected chi connectivity index (χ1v) is 10.8. The third-order valence-corrected chi connectivity index (χ3v) is 6.10. The van der Waals surface area contributed by atoms with Crippen LogP contribution in [0.5, 0.6) is 11.5 Å². The zero-order valence-electron chi connectivity index (χ0n) is 15.9. The number of amides is 1. The molecule has 0 aliphatic carbocycles. The lowest BCUT2D eigenvalue weighted by atomic mass is 10.1. The Morgan fingerprint density at radius 1 is 1.07 bits per heavy atom. The summed E-state index contributed by atoms with van der Waals surface area (Å²) in [6.45, 7) is 1.86. The van der Waals surface area contributed by atoms with Crippen molar-refractivity contribution in [3.63, 3.8) is 0 Å². The highest BCUT2D eigenvalue weighted by atomic mass is 79.9. The van der Waals surface area contributed by atoms with Crippen molar-refractivity contribution in [3.8, 4) is 11.5 Å². The van der Waals surface area contributed by atoms with E-state index in [2.05, 4.69) is 26.0 Å². The highest BCUT2D eigenvalue weighted by Crippen LogP contribution is 2.27. The molecule has 2 rings (SSSR count). The van der Waals surface area contributed by atoms with Crippen LogP contribution in [-0.2, 0) is 21.2 Å². The summed E-state index contributed by atoms with van der Waals surface area (Å²) in [5.41, 5.74) is 0.959. The van der Waals surface area contributed by atoms with Gasteiger partial charge in [-0.3, -0.25) is 4.79 Å². The van der Waals surface area contributed by atoms with E-state index in [1.54, 1.807) is 32.4 Å². The fourth-order valence-electron chi connectivity index (χ4n) is 2.49. The van der Waals surface area contributed by atoms with Crippen LogP contribution in [0.2, 0.25) is 0 Å². The number of carbonyl (C=O) groups excluding carboxylic acids is 1. The Morgan fingerprint density at radius 2 is 1.71 bits per heavy atom. The van der Waals surface area contributed by atoms with Crippen LogP contribution in [0.1, 0.15) is 12.5 Å². The van der Waals surface area contributed by atoms with Gasteiger partial charge in [-0.25, -0.2) is 8.42 Å². The van der Waals surface area contributed by atoms with Crippen molar-refractivity contribution in [3.05, 3.63) is 52.5 Å². The lowest BCUT2D eigenvalue weighted by molar-refractivity contribution is -0.122. The lowest BCUT2D eigenvalue weighted by Gasteiger charge is -2.15. The van der Waals surface area contributed by atoms with E-state index < -0.39 is 22.0 Å². The molecule has 0 aliphatic rings. The van der Waals surface area contributed by atoms with Crippen molar-refractivity contribution in [2.45, 2.75) is 24.3 Å². The molecule has 0 unspecified atom stereocenters. The maximum Gasteiger partial charge on any atom is 0.241 e. The van der Waals surface area contributed by atoms with E-state index in [9.17, 15) is 13.2 Å². The SMILES string of the molecule is COc1ccc(CCNC(=O)[C@@H](C)NS(=O)(=O)c2ccc(Br)cc2)cc1OC. The van der Waals surface area contributed by atoms with E-state index in [1.165, 1.54) is 19.1 Å². The van der Waals surface area contributed by atoms with Crippen molar-refractivity contribution >= 4 is 31.9 Å². The molecule has 0 bridgehead atoms. The van der Waals surface area contributed by atoms with Gasteiger partial charge in [-0.15, -0.1) is 0 Å². The molecule has 0 heterocycles. The molecule has 9 heteroatoms. The molecular weight excluding hydrogens is 448 g/mol. The van der Waals surface area contributed by atoms with Crippen LogP contribution in [0.3, 0.4) is 0 Å². The van der Waals surface area contributed by atoms with Gasteiger partial charge in [0.1, 0.15) is 0 Å². The average Bonchev–Trinajstić information content (AvgIpc) is 2.67. The summed E-state index contributed by atoms with van der Waals surface area (Å²) in [7, 11) is -0.655. The van der Waals surface area contributed by atoms with Gasteiger partial charge < -0.3 is 14.8 Å². The number of halogens is 1. The Hall–Kier alpha value is -2.10. The molecule has 0 saturated carbocycles. The van der Waals surface area contributed by atoms with Crippen molar-refractivity contribution in [2.24, 2.45) is 0 Å². The van der Waals surface area contributed by atoms with Gasteiger partial charge in [-0.05, 0) is 55.3 Å². The number of hydrogen-bond donors (Lipinski definition) is 2. The van der Waals surface area contributed by atoms with Crippen molar-refractivity contribution in [1.29, 1.82) is 0 Å². The number of nitrogens with one attached hydrogen (secondary N) is 2. The van der Waals surface area contributed by atoms with Crippen LogP contribution in [0.25, 0.3) is 0 Å². The second kappa shape index (κ2) is 9.90. The molecule has 2 aromatic carbocycles. The number of carbonyl (C=O) groups is 1. The molecule has 7 nitrogen and oxygen atoms in total. The Bertz CT molecular complexity index is 916. The molecule has 1 amide bonds. The monoisotopic (exact) mass is 470 g/mol. The predicted molar refractivity (Wildman–Crippen MR) is 110 cm³/mol. The van der Waals surface area contributed by atoms with Crippen LogP contribution in [0.15, 0.2) is 51.8 Å². The van der Waals surface area contributed by atoms with Gasteiger partial charge in [0, 0.05) is 11.0 Å². The molecule has 28 heavy (non-hydrogen) atoms. The maximum absolute atomic E-state index is 12.4. The molecule has 1 atom stereocenters. The van der Waals surface area contributed by atoms with Crippen LogP contribution in [0.4, 0.5) is 0 Å². The number of benzene rings is 2. The number of rotatable bonds is 9. The summed E-state index contributed by atoms with van der Waals surface area (Å²) in [6.07, 6.45) is 0.568. The molecule has 2 aromatic rings. The van der Waals surface area contributed by atoms with Crippen LogP contribution < -0.4 is 19.5 Å². The standard InChI is InChI=1S/C19H23BrN2O5S/c1-13(22-28(24,25)16-7-5-15(20)6-8-16)19(23)21-11-10-14-4-9-17(26-2)18(12-14)27-3/h4-9,12-13,22H,10-11H2,1-3H3,(H,21,23)/t13-/m1/s1. The van der Waals surface area contributed by atoms with E-state index in [4.69, 9.17) is 9.47 Å².